The summed E-state index contributed by atoms with van der Waals surface area (Å²) in [5.74, 6) is 0.561. The van der Waals surface area contributed by atoms with Crippen LogP contribution in [0.5, 0.6) is 0 Å². The molecule has 1 aliphatic rings. The molecule has 0 saturated heterocycles. The van der Waals surface area contributed by atoms with Crippen molar-refractivity contribution in [3.05, 3.63) is 60.2 Å². The molecule has 0 radical (unpaired) electrons. The Balaban J connectivity index is 1.77. The van der Waals surface area contributed by atoms with E-state index in [1.54, 1.807) is 0 Å². The SMILES string of the molecule is CCCCC1(n2nnc3ccccc32)CC1c1ccccc1. The zero-order valence-corrected chi connectivity index (χ0v) is 12.9. The molecule has 0 bridgehead atoms. The summed E-state index contributed by atoms with van der Waals surface area (Å²) in [5, 5.41) is 8.90. The van der Waals surface area contributed by atoms with Crippen molar-refractivity contribution >= 4 is 11.0 Å². The number of hydrogen-bond acceptors (Lipinski definition) is 2. The van der Waals surface area contributed by atoms with Crippen molar-refractivity contribution in [2.24, 2.45) is 0 Å². The molecule has 2 aromatic carbocycles. The molecule has 2 atom stereocenters. The summed E-state index contributed by atoms with van der Waals surface area (Å²) in [6, 6.07) is 19.2. The fourth-order valence-corrected chi connectivity index (χ4v) is 3.71. The molecule has 1 heterocycles. The highest BCUT2D eigenvalue weighted by Gasteiger charge is 2.57. The second-order valence-electron chi connectivity index (χ2n) is 6.36. The van der Waals surface area contributed by atoms with Gasteiger partial charge in [-0.05, 0) is 30.5 Å². The number of hydrogen-bond donors (Lipinski definition) is 0. The van der Waals surface area contributed by atoms with Crippen LogP contribution in [0.3, 0.4) is 0 Å². The molecule has 0 spiro atoms. The van der Waals surface area contributed by atoms with E-state index >= 15 is 0 Å². The molecule has 112 valence electrons. The van der Waals surface area contributed by atoms with E-state index in [1.165, 1.54) is 31.2 Å². The zero-order valence-electron chi connectivity index (χ0n) is 12.9. The van der Waals surface area contributed by atoms with Crippen molar-refractivity contribution in [3.8, 4) is 0 Å². The average Bonchev–Trinajstić information content (AvgIpc) is 3.15. The van der Waals surface area contributed by atoms with Crippen LogP contribution in [0, 0.1) is 0 Å². The van der Waals surface area contributed by atoms with Gasteiger partial charge < -0.3 is 0 Å². The van der Waals surface area contributed by atoms with E-state index in [-0.39, 0.29) is 5.54 Å². The summed E-state index contributed by atoms with van der Waals surface area (Å²) in [6.45, 7) is 2.26. The standard InChI is InChI=1S/C19H21N3/c1-2-3-13-19(14-16(19)15-9-5-4-6-10-15)22-18-12-8-7-11-17(18)20-21-22/h4-12,16H,2-3,13-14H2,1H3. The first-order chi connectivity index (χ1) is 10.8. The summed E-state index contributed by atoms with van der Waals surface area (Å²) in [5.41, 5.74) is 3.71. The number of rotatable bonds is 5. The normalized spacial score (nSPS) is 23.8. The predicted octanol–water partition coefficient (Wildman–Crippen LogP) is 4.50. The summed E-state index contributed by atoms with van der Waals surface area (Å²) in [7, 11) is 0. The Labute approximate surface area is 131 Å². The molecule has 3 nitrogen and oxygen atoms in total. The minimum atomic E-state index is 0.119. The molecule has 2 unspecified atom stereocenters. The Morgan fingerprint density at radius 1 is 1.09 bits per heavy atom. The molecule has 0 aliphatic heterocycles. The smallest absolute Gasteiger partial charge is 0.113 e. The number of unbranched alkanes of at least 4 members (excludes halogenated alkanes) is 1. The highest BCUT2D eigenvalue weighted by Crippen LogP contribution is 2.60. The Morgan fingerprint density at radius 3 is 2.68 bits per heavy atom. The Kier molecular flexibility index (Phi) is 3.21. The van der Waals surface area contributed by atoms with Gasteiger partial charge in [0, 0.05) is 5.92 Å². The van der Waals surface area contributed by atoms with E-state index in [0.29, 0.717) is 5.92 Å². The van der Waals surface area contributed by atoms with Gasteiger partial charge in [0.25, 0.3) is 0 Å². The molecule has 1 aromatic heterocycles. The van der Waals surface area contributed by atoms with Crippen LogP contribution >= 0.6 is 0 Å². The average molecular weight is 291 g/mol. The molecular formula is C19H21N3. The zero-order chi connectivity index (χ0) is 15.0. The van der Waals surface area contributed by atoms with Gasteiger partial charge in [-0.3, -0.25) is 0 Å². The van der Waals surface area contributed by atoms with Crippen LogP contribution in [0.4, 0.5) is 0 Å². The third-order valence-corrected chi connectivity index (χ3v) is 4.98. The van der Waals surface area contributed by atoms with E-state index in [4.69, 9.17) is 0 Å². The van der Waals surface area contributed by atoms with Crippen LogP contribution in [-0.4, -0.2) is 15.0 Å². The molecule has 0 N–H and O–H groups in total. The Bertz CT molecular complexity index is 777. The summed E-state index contributed by atoms with van der Waals surface area (Å²) in [4.78, 5) is 0. The van der Waals surface area contributed by atoms with Crippen molar-refractivity contribution in [1.82, 2.24) is 15.0 Å². The fourth-order valence-electron chi connectivity index (χ4n) is 3.71. The third-order valence-electron chi connectivity index (χ3n) is 4.98. The van der Waals surface area contributed by atoms with Gasteiger partial charge in [0.15, 0.2) is 0 Å². The van der Waals surface area contributed by atoms with Crippen molar-refractivity contribution in [2.75, 3.05) is 0 Å². The second kappa shape index (κ2) is 5.24. The van der Waals surface area contributed by atoms with Crippen LogP contribution in [-0.2, 0) is 5.54 Å². The van der Waals surface area contributed by atoms with E-state index in [1.807, 2.05) is 12.1 Å². The molecule has 1 saturated carbocycles. The lowest BCUT2D eigenvalue weighted by molar-refractivity contribution is 0.378. The van der Waals surface area contributed by atoms with Crippen molar-refractivity contribution in [1.29, 1.82) is 0 Å². The maximum absolute atomic E-state index is 4.52. The Morgan fingerprint density at radius 2 is 1.86 bits per heavy atom. The van der Waals surface area contributed by atoms with Crippen LogP contribution in [0.2, 0.25) is 0 Å². The minimum absolute atomic E-state index is 0.119. The van der Waals surface area contributed by atoms with Gasteiger partial charge in [0.1, 0.15) is 5.52 Å². The minimum Gasteiger partial charge on any atom is -0.238 e. The molecule has 3 heteroatoms. The lowest BCUT2D eigenvalue weighted by atomic mass is 10.0. The molecular weight excluding hydrogens is 270 g/mol. The van der Waals surface area contributed by atoms with Crippen LogP contribution in [0.1, 0.15) is 44.1 Å². The number of benzene rings is 2. The molecule has 3 aromatic rings. The van der Waals surface area contributed by atoms with Gasteiger partial charge in [-0.1, -0.05) is 67.4 Å². The second-order valence-corrected chi connectivity index (χ2v) is 6.36. The molecule has 22 heavy (non-hydrogen) atoms. The topological polar surface area (TPSA) is 30.7 Å². The lowest BCUT2D eigenvalue weighted by Crippen LogP contribution is -2.21. The van der Waals surface area contributed by atoms with Gasteiger partial charge in [0.05, 0.1) is 11.1 Å². The van der Waals surface area contributed by atoms with E-state index < -0.39 is 0 Å². The quantitative estimate of drug-likeness (QED) is 0.692. The van der Waals surface area contributed by atoms with E-state index in [0.717, 1.165) is 11.0 Å². The number of fused-ring (bicyclic) bond motifs is 1. The maximum Gasteiger partial charge on any atom is 0.113 e. The summed E-state index contributed by atoms with van der Waals surface area (Å²) < 4.78 is 2.20. The highest BCUT2D eigenvalue weighted by atomic mass is 15.5. The van der Waals surface area contributed by atoms with Gasteiger partial charge in [0.2, 0.25) is 0 Å². The maximum atomic E-state index is 4.52. The van der Waals surface area contributed by atoms with Gasteiger partial charge >= 0.3 is 0 Å². The first-order valence-corrected chi connectivity index (χ1v) is 8.21. The Hall–Kier alpha value is -2.16. The third kappa shape index (κ3) is 2.04. The van der Waals surface area contributed by atoms with E-state index in [9.17, 15) is 0 Å². The van der Waals surface area contributed by atoms with E-state index in [2.05, 4.69) is 64.4 Å². The van der Waals surface area contributed by atoms with Crippen molar-refractivity contribution in [2.45, 2.75) is 44.1 Å². The van der Waals surface area contributed by atoms with Crippen molar-refractivity contribution < 1.29 is 0 Å². The summed E-state index contributed by atoms with van der Waals surface area (Å²) in [6.07, 6.45) is 4.80. The highest BCUT2D eigenvalue weighted by molar-refractivity contribution is 5.74. The van der Waals surface area contributed by atoms with Gasteiger partial charge in [-0.25, -0.2) is 4.68 Å². The molecule has 1 aliphatic carbocycles. The lowest BCUT2D eigenvalue weighted by Gasteiger charge is -2.19. The fraction of sp³-hybridized carbons (Fsp3) is 0.368. The monoisotopic (exact) mass is 291 g/mol. The van der Waals surface area contributed by atoms with Gasteiger partial charge in [-0.15, -0.1) is 5.10 Å². The van der Waals surface area contributed by atoms with Crippen LogP contribution in [0.25, 0.3) is 11.0 Å². The summed E-state index contributed by atoms with van der Waals surface area (Å²) >= 11 is 0. The molecule has 0 amide bonds. The first-order valence-electron chi connectivity index (χ1n) is 8.21. The van der Waals surface area contributed by atoms with Crippen LogP contribution in [0.15, 0.2) is 54.6 Å². The number of aromatic nitrogens is 3. The number of nitrogens with zero attached hydrogens (tertiary/aromatic N) is 3. The van der Waals surface area contributed by atoms with Crippen molar-refractivity contribution in [3.63, 3.8) is 0 Å². The predicted molar refractivity (Wildman–Crippen MR) is 88.8 cm³/mol. The van der Waals surface area contributed by atoms with Crippen LogP contribution < -0.4 is 0 Å². The molecule has 4 rings (SSSR count). The van der Waals surface area contributed by atoms with Gasteiger partial charge in [-0.2, -0.15) is 0 Å². The molecule has 1 fully saturated rings. The number of para-hydroxylation sites is 1. The largest absolute Gasteiger partial charge is 0.238 e. The first kappa shape index (κ1) is 13.5.